The predicted molar refractivity (Wildman–Crippen MR) is 197 cm³/mol. The number of fused-ring (bicyclic) bond motifs is 11. The van der Waals surface area contributed by atoms with Gasteiger partial charge in [-0.25, -0.2) is 8.42 Å². The van der Waals surface area contributed by atoms with Gasteiger partial charge >= 0.3 is 0 Å². The number of para-hydroxylation sites is 5. The maximum absolute atomic E-state index is 13.5. The van der Waals surface area contributed by atoms with Crippen LogP contribution in [0, 0.1) is 0 Å². The van der Waals surface area contributed by atoms with E-state index in [2.05, 4.69) is 143 Å². The lowest BCUT2D eigenvalue weighted by Crippen LogP contribution is -2.79. The number of rotatable bonds is 2. The second-order valence-corrected chi connectivity index (χ2v) is 18.0. The van der Waals surface area contributed by atoms with Crippen molar-refractivity contribution in [2.45, 2.75) is 9.79 Å². The van der Waals surface area contributed by atoms with Crippen LogP contribution in [0.25, 0.3) is 11.1 Å². The zero-order valence-corrected chi connectivity index (χ0v) is 27.6. The summed E-state index contributed by atoms with van der Waals surface area (Å²) in [6.45, 7) is 0. The van der Waals surface area contributed by atoms with Crippen LogP contribution in [0.2, 0.25) is 0 Å². The van der Waals surface area contributed by atoms with E-state index >= 15 is 0 Å². The Morgan fingerprint density at radius 1 is 0.375 bits per heavy atom. The van der Waals surface area contributed by atoms with E-state index in [-0.39, 0.29) is 0 Å². The first-order chi connectivity index (χ1) is 23.6. The second-order valence-electron chi connectivity index (χ2n) is 12.5. The summed E-state index contributed by atoms with van der Waals surface area (Å²) in [7, 11) is -6.45. The van der Waals surface area contributed by atoms with Gasteiger partial charge in [0.1, 0.15) is 0 Å². The second kappa shape index (κ2) is 9.91. The van der Waals surface area contributed by atoms with Crippen LogP contribution < -0.4 is 30.5 Å². The van der Waals surface area contributed by atoms with Gasteiger partial charge in [-0.15, -0.1) is 0 Å². The van der Waals surface area contributed by atoms with E-state index < -0.39 is 17.9 Å². The quantitative estimate of drug-likeness (QED) is 0.182. The topological polar surface area (TPSA) is 40.6 Å². The molecule has 0 unspecified atom stereocenters. The van der Waals surface area contributed by atoms with Gasteiger partial charge in [-0.1, -0.05) is 109 Å². The molecule has 0 N–H and O–H groups in total. The van der Waals surface area contributed by atoms with Crippen LogP contribution in [0.5, 0.6) is 0 Å². The van der Waals surface area contributed by atoms with Gasteiger partial charge in [0, 0.05) is 45.3 Å². The van der Waals surface area contributed by atoms with E-state index in [1.54, 1.807) is 18.2 Å². The first-order valence-electron chi connectivity index (χ1n) is 16.1. The molecule has 0 fully saturated rings. The van der Waals surface area contributed by atoms with Gasteiger partial charge in [0.15, 0.2) is 8.07 Å². The monoisotopic (exact) mass is 652 g/mol. The van der Waals surface area contributed by atoms with Crippen LogP contribution in [-0.4, -0.2) is 16.5 Å². The summed E-state index contributed by atoms with van der Waals surface area (Å²) in [5, 5.41) is 5.32. The Kier molecular flexibility index (Phi) is 5.66. The fraction of sp³-hybridized carbons (Fsp3) is 0. The lowest BCUT2D eigenvalue weighted by molar-refractivity contribution is 0.598. The summed E-state index contributed by atoms with van der Waals surface area (Å²) in [4.78, 5) is 5.50. The Hall–Kier alpha value is -5.69. The van der Waals surface area contributed by atoms with Gasteiger partial charge in [-0.3, -0.25) is 0 Å². The molecule has 1 spiro atoms. The van der Waals surface area contributed by atoms with E-state index in [0.29, 0.717) is 9.79 Å². The Bertz CT molecular complexity index is 2470. The number of anilines is 6. The minimum atomic E-state index is -3.57. The van der Waals surface area contributed by atoms with E-state index in [4.69, 9.17) is 0 Å². The molecule has 6 heteroatoms. The maximum Gasteiger partial charge on any atom is 0.207 e. The number of hydrogen-bond donors (Lipinski definition) is 0. The highest BCUT2D eigenvalue weighted by Crippen LogP contribution is 2.48. The van der Waals surface area contributed by atoms with Crippen molar-refractivity contribution in [1.29, 1.82) is 0 Å². The van der Waals surface area contributed by atoms with Crippen LogP contribution in [0.15, 0.2) is 180 Å². The average molecular weight is 653 g/mol. The lowest BCUT2D eigenvalue weighted by Gasteiger charge is -2.50. The van der Waals surface area contributed by atoms with Gasteiger partial charge in [-0.05, 0) is 81.4 Å². The van der Waals surface area contributed by atoms with Gasteiger partial charge in [0.05, 0.1) is 9.79 Å². The molecule has 48 heavy (non-hydrogen) atoms. The zero-order valence-electron chi connectivity index (χ0n) is 25.8. The third-order valence-electron chi connectivity index (χ3n) is 10.2. The molecule has 0 aromatic heterocycles. The molecule has 0 aliphatic carbocycles. The fourth-order valence-electron chi connectivity index (χ4n) is 8.35. The number of nitrogens with zero attached hydrogens (tertiary/aromatic N) is 2. The molecule has 10 rings (SSSR count). The maximum atomic E-state index is 13.5. The van der Waals surface area contributed by atoms with Crippen molar-refractivity contribution < 1.29 is 8.42 Å². The van der Waals surface area contributed by atoms with E-state index in [1.165, 1.54) is 32.1 Å². The smallest absolute Gasteiger partial charge is 0.207 e. The van der Waals surface area contributed by atoms with Crippen molar-refractivity contribution in [2.75, 3.05) is 9.80 Å². The van der Waals surface area contributed by atoms with Crippen molar-refractivity contribution >= 4 is 72.8 Å². The van der Waals surface area contributed by atoms with Crippen molar-refractivity contribution in [3.05, 3.63) is 170 Å². The summed E-state index contributed by atoms with van der Waals surface area (Å²) < 4.78 is 27.0. The van der Waals surface area contributed by atoms with Gasteiger partial charge in [0.2, 0.25) is 9.84 Å². The third kappa shape index (κ3) is 3.45. The number of benzene rings is 7. The molecule has 3 aliphatic heterocycles. The minimum absolute atomic E-state index is 0.369. The SMILES string of the molecule is O=S1(=O)c2ccccc2-c2cc(N3c4ccccc4[Si]4(c5ccccc5N(c5ccccc5)c5ccccc54)c4ccccc43)ccc21. The Labute approximate surface area is 280 Å². The third-order valence-corrected chi connectivity index (χ3v) is 17.0. The lowest BCUT2D eigenvalue weighted by atomic mass is 10.0. The molecule has 0 bridgehead atoms. The Morgan fingerprint density at radius 2 is 0.792 bits per heavy atom. The molecule has 3 aliphatic rings. The average Bonchev–Trinajstić information content (AvgIpc) is 3.37. The molecule has 0 amide bonds. The first-order valence-corrected chi connectivity index (χ1v) is 19.6. The van der Waals surface area contributed by atoms with Crippen LogP contribution in [0.1, 0.15) is 0 Å². The molecule has 3 heterocycles. The summed E-state index contributed by atoms with van der Waals surface area (Å²) in [5.41, 5.74) is 8.22. The van der Waals surface area contributed by atoms with Crippen LogP contribution in [-0.2, 0) is 9.84 Å². The van der Waals surface area contributed by atoms with Gasteiger partial charge in [0.25, 0.3) is 0 Å². The van der Waals surface area contributed by atoms with Crippen molar-refractivity contribution in [1.82, 2.24) is 0 Å². The van der Waals surface area contributed by atoms with Gasteiger partial charge < -0.3 is 9.80 Å². The first kappa shape index (κ1) is 27.4. The summed E-state index contributed by atoms with van der Waals surface area (Å²) in [6.07, 6.45) is 0. The molecule has 7 aromatic rings. The molecule has 0 radical (unpaired) electrons. The zero-order chi connectivity index (χ0) is 32.0. The number of sulfone groups is 1. The van der Waals surface area contributed by atoms with E-state index in [0.717, 1.165) is 33.9 Å². The highest BCUT2D eigenvalue weighted by molar-refractivity contribution is 7.92. The normalized spacial score (nSPS) is 15.5. The van der Waals surface area contributed by atoms with Crippen LogP contribution in [0.4, 0.5) is 34.1 Å². The summed E-state index contributed by atoms with van der Waals surface area (Å²) in [6, 6.07) is 59.3. The molecule has 0 saturated carbocycles. The van der Waals surface area contributed by atoms with Crippen LogP contribution in [0.3, 0.4) is 0 Å². The van der Waals surface area contributed by atoms with E-state index in [1.807, 2.05) is 18.2 Å². The van der Waals surface area contributed by atoms with E-state index in [9.17, 15) is 8.42 Å². The number of hydrogen-bond acceptors (Lipinski definition) is 4. The summed E-state index contributed by atoms with van der Waals surface area (Å²) >= 11 is 0. The van der Waals surface area contributed by atoms with Crippen molar-refractivity contribution in [3.63, 3.8) is 0 Å². The van der Waals surface area contributed by atoms with Crippen molar-refractivity contribution in [3.8, 4) is 11.1 Å². The molecule has 4 nitrogen and oxygen atoms in total. The summed E-state index contributed by atoms with van der Waals surface area (Å²) in [5.74, 6) is 0. The van der Waals surface area contributed by atoms with Gasteiger partial charge in [-0.2, -0.15) is 0 Å². The molecular weight excluding hydrogens is 625 g/mol. The fourth-order valence-corrected chi connectivity index (χ4v) is 15.5. The molecule has 0 saturated heterocycles. The highest BCUT2D eigenvalue weighted by atomic mass is 32.2. The Balaban J connectivity index is 1.28. The van der Waals surface area contributed by atoms with Crippen molar-refractivity contribution in [2.24, 2.45) is 0 Å². The highest BCUT2D eigenvalue weighted by Gasteiger charge is 2.53. The molecule has 7 aromatic carbocycles. The standard InChI is InChI=1S/C42H28N2O2SSi/c45-47(46)37-21-9-4-16-31(37)32-28-30(26-27-38(32)47)44-35-19-7-12-24-41(35)48(42-25-13-8-20-36(42)44)39-22-10-5-17-33(39)43(29-14-2-1-3-15-29)34-18-6-11-23-40(34)48/h1-28H. The minimum Gasteiger partial charge on any atom is -0.311 e. The van der Waals surface area contributed by atoms with Crippen LogP contribution >= 0.6 is 0 Å². The largest absolute Gasteiger partial charge is 0.311 e. The molecular formula is C42H28N2O2SSi. The Morgan fingerprint density at radius 3 is 1.33 bits per heavy atom. The molecule has 0 atom stereocenters. The predicted octanol–water partition coefficient (Wildman–Crippen LogP) is 7.44. The molecule has 228 valence electrons.